The van der Waals surface area contributed by atoms with Crippen LogP contribution >= 0.6 is 11.8 Å². The van der Waals surface area contributed by atoms with E-state index in [2.05, 4.69) is 4.98 Å². The summed E-state index contributed by atoms with van der Waals surface area (Å²) in [6.45, 7) is 2.59. The van der Waals surface area contributed by atoms with Crippen LogP contribution in [-0.2, 0) is 0 Å². The largest absolute Gasteiger partial charge is 0.494 e. The summed E-state index contributed by atoms with van der Waals surface area (Å²) < 4.78 is 5.45. The van der Waals surface area contributed by atoms with Gasteiger partial charge in [-0.2, -0.15) is 0 Å². The zero-order chi connectivity index (χ0) is 12.1. The Balaban J connectivity index is 2.21. The number of pyridine rings is 1. The van der Waals surface area contributed by atoms with Gasteiger partial charge in [0, 0.05) is 22.8 Å². The number of anilines is 1. The summed E-state index contributed by atoms with van der Waals surface area (Å²) in [6, 6.07) is 11.5. The van der Waals surface area contributed by atoms with Gasteiger partial charge in [0.2, 0.25) is 0 Å². The van der Waals surface area contributed by atoms with Crippen molar-refractivity contribution in [3.8, 4) is 5.75 Å². The number of hydrogen-bond donors (Lipinski definition) is 1. The van der Waals surface area contributed by atoms with Crippen molar-refractivity contribution in [1.29, 1.82) is 0 Å². The van der Waals surface area contributed by atoms with Crippen LogP contribution in [0.5, 0.6) is 5.75 Å². The van der Waals surface area contributed by atoms with E-state index in [1.165, 1.54) is 0 Å². The molecule has 2 N–H and O–H groups in total. The highest BCUT2D eigenvalue weighted by molar-refractivity contribution is 7.99. The van der Waals surface area contributed by atoms with Crippen LogP contribution in [0.3, 0.4) is 0 Å². The summed E-state index contributed by atoms with van der Waals surface area (Å²) in [6.07, 6.45) is 1.78. The van der Waals surface area contributed by atoms with Crippen LogP contribution in [0.4, 0.5) is 5.69 Å². The van der Waals surface area contributed by atoms with Gasteiger partial charge in [-0.1, -0.05) is 17.8 Å². The van der Waals surface area contributed by atoms with Crippen molar-refractivity contribution in [1.82, 2.24) is 4.98 Å². The van der Waals surface area contributed by atoms with Crippen molar-refractivity contribution in [2.24, 2.45) is 0 Å². The molecule has 0 radical (unpaired) electrons. The molecule has 1 heterocycles. The average molecular weight is 246 g/mol. The maximum absolute atomic E-state index is 5.83. The fourth-order valence-electron chi connectivity index (χ4n) is 1.43. The van der Waals surface area contributed by atoms with Crippen molar-refractivity contribution >= 4 is 17.4 Å². The molecule has 0 atom stereocenters. The Labute approximate surface area is 105 Å². The van der Waals surface area contributed by atoms with Crippen molar-refractivity contribution < 1.29 is 4.74 Å². The summed E-state index contributed by atoms with van der Waals surface area (Å²) in [7, 11) is 0. The van der Waals surface area contributed by atoms with Gasteiger partial charge in [-0.05, 0) is 31.2 Å². The Morgan fingerprint density at radius 2 is 2.18 bits per heavy atom. The molecule has 17 heavy (non-hydrogen) atoms. The number of nitrogens with zero attached hydrogens (tertiary/aromatic N) is 1. The van der Waals surface area contributed by atoms with Crippen molar-refractivity contribution in [3.05, 3.63) is 42.6 Å². The van der Waals surface area contributed by atoms with E-state index < -0.39 is 0 Å². The normalized spacial score (nSPS) is 10.2. The molecule has 0 saturated carbocycles. The SMILES string of the molecule is CCOc1cc(N)cc(Sc2ccccn2)c1. The number of hydrogen-bond acceptors (Lipinski definition) is 4. The smallest absolute Gasteiger partial charge is 0.122 e. The van der Waals surface area contributed by atoms with Crippen LogP contribution in [0.1, 0.15) is 6.92 Å². The fraction of sp³-hybridized carbons (Fsp3) is 0.154. The topological polar surface area (TPSA) is 48.1 Å². The third kappa shape index (κ3) is 3.39. The molecule has 1 aromatic heterocycles. The van der Waals surface area contributed by atoms with Gasteiger partial charge in [-0.25, -0.2) is 4.98 Å². The first-order chi connectivity index (χ1) is 8.28. The Bertz CT molecular complexity index is 488. The van der Waals surface area contributed by atoms with E-state index in [9.17, 15) is 0 Å². The van der Waals surface area contributed by atoms with Gasteiger partial charge in [-0.3, -0.25) is 0 Å². The van der Waals surface area contributed by atoms with Crippen molar-refractivity contribution in [3.63, 3.8) is 0 Å². The third-order valence-electron chi connectivity index (χ3n) is 2.07. The molecule has 0 spiro atoms. The van der Waals surface area contributed by atoms with Crippen LogP contribution in [0.2, 0.25) is 0 Å². The van der Waals surface area contributed by atoms with Gasteiger partial charge >= 0.3 is 0 Å². The number of nitrogens with two attached hydrogens (primary N) is 1. The van der Waals surface area contributed by atoms with Gasteiger partial charge < -0.3 is 10.5 Å². The van der Waals surface area contributed by atoms with E-state index in [-0.39, 0.29) is 0 Å². The number of nitrogen functional groups attached to an aromatic ring is 1. The summed E-state index contributed by atoms with van der Waals surface area (Å²) >= 11 is 1.57. The predicted octanol–water partition coefficient (Wildman–Crippen LogP) is 3.21. The Morgan fingerprint density at radius 3 is 2.88 bits per heavy atom. The highest BCUT2D eigenvalue weighted by atomic mass is 32.2. The van der Waals surface area contributed by atoms with Crippen molar-refractivity contribution in [2.75, 3.05) is 12.3 Å². The van der Waals surface area contributed by atoms with Gasteiger partial charge in [0.25, 0.3) is 0 Å². The van der Waals surface area contributed by atoms with E-state index in [4.69, 9.17) is 10.5 Å². The Morgan fingerprint density at radius 1 is 1.29 bits per heavy atom. The molecular formula is C13H14N2OS. The second kappa shape index (κ2) is 5.59. The summed E-state index contributed by atoms with van der Waals surface area (Å²) in [5.74, 6) is 0.797. The molecule has 3 nitrogen and oxygen atoms in total. The van der Waals surface area contributed by atoms with Gasteiger partial charge in [-0.15, -0.1) is 0 Å². The lowest BCUT2D eigenvalue weighted by molar-refractivity contribution is 0.339. The van der Waals surface area contributed by atoms with Crippen LogP contribution in [0, 0.1) is 0 Å². The van der Waals surface area contributed by atoms with E-state index in [1.807, 2.05) is 43.3 Å². The quantitative estimate of drug-likeness (QED) is 0.841. The maximum Gasteiger partial charge on any atom is 0.122 e. The summed E-state index contributed by atoms with van der Waals surface area (Å²) in [4.78, 5) is 5.30. The fourth-order valence-corrected chi connectivity index (χ4v) is 2.30. The zero-order valence-corrected chi connectivity index (χ0v) is 10.4. The van der Waals surface area contributed by atoms with Crippen LogP contribution in [0.15, 0.2) is 52.5 Å². The lowest BCUT2D eigenvalue weighted by Crippen LogP contribution is -1.93. The first-order valence-corrected chi connectivity index (χ1v) is 6.22. The summed E-state index contributed by atoms with van der Waals surface area (Å²) in [5, 5.41) is 0.945. The first kappa shape index (κ1) is 11.8. The molecule has 0 unspecified atom stereocenters. The molecule has 0 fully saturated rings. The monoisotopic (exact) mass is 246 g/mol. The van der Waals surface area contributed by atoms with Crippen molar-refractivity contribution in [2.45, 2.75) is 16.8 Å². The lowest BCUT2D eigenvalue weighted by atomic mass is 10.3. The lowest BCUT2D eigenvalue weighted by Gasteiger charge is -2.07. The molecule has 1 aromatic carbocycles. The molecule has 0 aliphatic rings. The zero-order valence-electron chi connectivity index (χ0n) is 9.59. The highest BCUT2D eigenvalue weighted by Crippen LogP contribution is 2.30. The third-order valence-corrected chi connectivity index (χ3v) is 3.00. The Kier molecular flexibility index (Phi) is 3.88. The van der Waals surface area contributed by atoms with E-state index in [1.54, 1.807) is 18.0 Å². The second-order valence-electron chi connectivity index (χ2n) is 3.44. The Hall–Kier alpha value is -1.68. The van der Waals surface area contributed by atoms with Gasteiger partial charge in [0.15, 0.2) is 0 Å². The van der Waals surface area contributed by atoms with E-state index in [0.29, 0.717) is 12.3 Å². The molecule has 2 aromatic rings. The predicted molar refractivity (Wildman–Crippen MR) is 70.4 cm³/mol. The summed E-state index contributed by atoms with van der Waals surface area (Å²) in [5.41, 5.74) is 6.53. The van der Waals surface area contributed by atoms with Crippen LogP contribution in [-0.4, -0.2) is 11.6 Å². The minimum atomic E-state index is 0.636. The molecule has 0 saturated heterocycles. The molecule has 4 heteroatoms. The average Bonchev–Trinajstić information content (AvgIpc) is 2.30. The van der Waals surface area contributed by atoms with Crippen LogP contribution < -0.4 is 10.5 Å². The molecule has 88 valence electrons. The first-order valence-electron chi connectivity index (χ1n) is 5.40. The van der Waals surface area contributed by atoms with Gasteiger partial charge in [0.1, 0.15) is 10.8 Å². The molecule has 0 bridgehead atoms. The number of aromatic nitrogens is 1. The minimum absolute atomic E-state index is 0.636. The van der Waals surface area contributed by atoms with Crippen LogP contribution in [0.25, 0.3) is 0 Å². The highest BCUT2D eigenvalue weighted by Gasteiger charge is 2.02. The number of ether oxygens (including phenoxy) is 1. The molecule has 2 rings (SSSR count). The van der Waals surface area contributed by atoms with E-state index in [0.717, 1.165) is 15.7 Å². The maximum atomic E-state index is 5.83. The van der Waals surface area contributed by atoms with Gasteiger partial charge in [0.05, 0.1) is 6.61 Å². The number of rotatable bonds is 4. The molecule has 0 amide bonds. The molecule has 0 aliphatic carbocycles. The number of benzene rings is 1. The molecular weight excluding hydrogens is 232 g/mol. The second-order valence-corrected chi connectivity index (χ2v) is 4.53. The minimum Gasteiger partial charge on any atom is -0.494 e. The standard InChI is InChI=1S/C13H14N2OS/c1-2-16-11-7-10(14)8-12(9-11)17-13-5-3-4-6-15-13/h3-9H,2,14H2,1H3. The molecule has 0 aliphatic heterocycles. The van der Waals surface area contributed by atoms with E-state index >= 15 is 0 Å².